The number of hydrogen-bond acceptors (Lipinski definition) is 3. The molecule has 3 heteroatoms. The van der Waals surface area contributed by atoms with Crippen molar-refractivity contribution in [2.75, 3.05) is 0 Å². The maximum atomic E-state index is 5.77. The fraction of sp³-hybridized carbons (Fsp3) is 0.667. The molecule has 1 aromatic heterocycles. The molecule has 68 valence electrons. The zero-order chi connectivity index (χ0) is 9.14. The first kappa shape index (κ1) is 9.26. The van der Waals surface area contributed by atoms with Gasteiger partial charge in [-0.3, -0.25) is 0 Å². The van der Waals surface area contributed by atoms with E-state index in [-0.39, 0.29) is 6.04 Å². The van der Waals surface area contributed by atoms with Crippen molar-refractivity contribution in [3.63, 3.8) is 0 Å². The molecule has 0 fully saturated rings. The van der Waals surface area contributed by atoms with E-state index < -0.39 is 0 Å². The Morgan fingerprint density at radius 2 is 2.25 bits per heavy atom. The van der Waals surface area contributed by atoms with Gasteiger partial charge in [-0.2, -0.15) is 0 Å². The van der Waals surface area contributed by atoms with Gasteiger partial charge >= 0.3 is 0 Å². The fourth-order valence-electron chi connectivity index (χ4n) is 0.952. The Morgan fingerprint density at radius 1 is 1.58 bits per heavy atom. The first-order valence-corrected chi connectivity index (χ1v) is 4.37. The van der Waals surface area contributed by atoms with Crippen LogP contribution in [0.15, 0.2) is 10.6 Å². The maximum absolute atomic E-state index is 5.77. The molecule has 0 bridgehead atoms. The second-order valence-corrected chi connectivity index (χ2v) is 3.32. The molecule has 0 aliphatic rings. The lowest BCUT2D eigenvalue weighted by atomic mass is 10.1. The monoisotopic (exact) mass is 168 g/mol. The average Bonchev–Trinajstić information content (AvgIpc) is 2.51. The van der Waals surface area contributed by atoms with Gasteiger partial charge in [0.25, 0.3) is 0 Å². The highest BCUT2D eigenvalue weighted by atomic mass is 16.5. The van der Waals surface area contributed by atoms with Crippen LogP contribution in [-0.4, -0.2) is 5.16 Å². The highest BCUT2D eigenvalue weighted by molar-refractivity contribution is 5.11. The summed E-state index contributed by atoms with van der Waals surface area (Å²) < 4.78 is 5.10. The molecule has 1 unspecified atom stereocenters. The molecular weight excluding hydrogens is 152 g/mol. The predicted molar refractivity (Wildman–Crippen MR) is 47.8 cm³/mol. The lowest BCUT2D eigenvalue weighted by Gasteiger charge is -2.00. The summed E-state index contributed by atoms with van der Waals surface area (Å²) in [6, 6.07) is 1.93. The minimum Gasteiger partial charge on any atom is -0.359 e. The van der Waals surface area contributed by atoms with Gasteiger partial charge in [-0.05, 0) is 12.3 Å². The summed E-state index contributed by atoms with van der Waals surface area (Å²) in [4.78, 5) is 0. The molecule has 1 aromatic rings. The molecular formula is C9H16N2O. The van der Waals surface area contributed by atoms with Crippen LogP contribution in [0.3, 0.4) is 0 Å². The van der Waals surface area contributed by atoms with Gasteiger partial charge in [0, 0.05) is 6.07 Å². The van der Waals surface area contributed by atoms with Gasteiger partial charge in [-0.1, -0.05) is 25.9 Å². The molecule has 1 heterocycles. The van der Waals surface area contributed by atoms with Gasteiger partial charge in [0.15, 0.2) is 5.76 Å². The van der Waals surface area contributed by atoms with Crippen LogP contribution in [0, 0.1) is 0 Å². The molecule has 0 saturated carbocycles. The normalized spacial score (nSPS) is 13.8. The molecule has 0 aliphatic heterocycles. The van der Waals surface area contributed by atoms with E-state index in [1.54, 1.807) is 0 Å². The van der Waals surface area contributed by atoms with Gasteiger partial charge in [0.1, 0.15) is 0 Å². The Bertz CT molecular complexity index is 242. The molecule has 0 aliphatic carbocycles. The summed E-state index contributed by atoms with van der Waals surface area (Å²) in [7, 11) is 0. The third-order valence-corrected chi connectivity index (χ3v) is 1.94. The predicted octanol–water partition coefficient (Wildman–Crippen LogP) is 2.21. The molecule has 0 aromatic carbocycles. The van der Waals surface area contributed by atoms with E-state index >= 15 is 0 Å². The van der Waals surface area contributed by atoms with Crippen LogP contribution in [0.4, 0.5) is 0 Å². The summed E-state index contributed by atoms with van der Waals surface area (Å²) in [6.07, 6.45) is 0.882. The Morgan fingerprint density at radius 3 is 2.67 bits per heavy atom. The zero-order valence-corrected chi connectivity index (χ0v) is 7.87. The molecule has 1 rings (SSSR count). The van der Waals surface area contributed by atoms with Crippen LogP contribution in [0.1, 0.15) is 50.6 Å². The number of aromatic nitrogens is 1. The van der Waals surface area contributed by atoms with E-state index in [0.29, 0.717) is 5.92 Å². The van der Waals surface area contributed by atoms with Crippen LogP contribution < -0.4 is 5.73 Å². The van der Waals surface area contributed by atoms with Crippen molar-refractivity contribution >= 4 is 0 Å². The van der Waals surface area contributed by atoms with Crippen molar-refractivity contribution in [3.8, 4) is 0 Å². The molecule has 3 nitrogen and oxygen atoms in total. The molecule has 0 amide bonds. The lowest BCUT2D eigenvalue weighted by molar-refractivity contribution is 0.352. The highest BCUT2D eigenvalue weighted by Gasteiger charge is 2.11. The number of nitrogens with zero attached hydrogens (tertiary/aromatic N) is 1. The van der Waals surface area contributed by atoms with Gasteiger partial charge in [0.05, 0.1) is 11.7 Å². The summed E-state index contributed by atoms with van der Waals surface area (Å²) in [5.74, 6) is 1.20. The van der Waals surface area contributed by atoms with Crippen molar-refractivity contribution in [2.24, 2.45) is 5.73 Å². The van der Waals surface area contributed by atoms with Crippen molar-refractivity contribution in [1.29, 1.82) is 0 Å². The molecule has 2 N–H and O–H groups in total. The van der Waals surface area contributed by atoms with E-state index in [0.717, 1.165) is 17.9 Å². The summed E-state index contributed by atoms with van der Waals surface area (Å²) in [5, 5.41) is 3.93. The van der Waals surface area contributed by atoms with Crippen LogP contribution in [0.2, 0.25) is 0 Å². The van der Waals surface area contributed by atoms with E-state index in [1.807, 2.05) is 13.0 Å². The third kappa shape index (κ3) is 1.85. The largest absolute Gasteiger partial charge is 0.359 e. The Labute approximate surface area is 72.9 Å². The Kier molecular flexibility index (Phi) is 2.87. The summed E-state index contributed by atoms with van der Waals surface area (Å²) >= 11 is 0. The van der Waals surface area contributed by atoms with E-state index in [2.05, 4.69) is 19.0 Å². The van der Waals surface area contributed by atoms with Gasteiger partial charge in [-0.25, -0.2) is 0 Å². The number of hydrogen-bond donors (Lipinski definition) is 1. The fourth-order valence-corrected chi connectivity index (χ4v) is 0.952. The lowest BCUT2D eigenvalue weighted by Crippen LogP contribution is -2.06. The number of rotatable bonds is 3. The average molecular weight is 168 g/mol. The first-order chi connectivity index (χ1) is 5.65. The van der Waals surface area contributed by atoms with Gasteiger partial charge < -0.3 is 10.3 Å². The Balaban J connectivity index is 2.77. The molecule has 0 radical (unpaired) electrons. The number of nitrogens with two attached hydrogens (primary N) is 1. The molecule has 0 saturated heterocycles. The second-order valence-electron chi connectivity index (χ2n) is 3.32. The van der Waals surface area contributed by atoms with Crippen LogP contribution in [-0.2, 0) is 0 Å². The quantitative estimate of drug-likeness (QED) is 0.752. The van der Waals surface area contributed by atoms with Gasteiger partial charge in [-0.15, -0.1) is 0 Å². The first-order valence-electron chi connectivity index (χ1n) is 4.37. The van der Waals surface area contributed by atoms with E-state index in [4.69, 9.17) is 10.3 Å². The minimum atomic E-state index is -0.00926. The second kappa shape index (κ2) is 3.72. The summed E-state index contributed by atoms with van der Waals surface area (Å²) in [5.41, 5.74) is 6.75. The van der Waals surface area contributed by atoms with Crippen molar-refractivity contribution in [1.82, 2.24) is 5.16 Å². The SMILES string of the molecule is CCC(N)c1cc(C(C)C)no1. The zero-order valence-electron chi connectivity index (χ0n) is 7.87. The molecule has 1 atom stereocenters. The molecule has 0 spiro atoms. The van der Waals surface area contributed by atoms with Gasteiger partial charge in [0.2, 0.25) is 0 Å². The standard InChI is InChI=1S/C9H16N2O/c1-4-7(10)9-5-8(6(2)3)11-12-9/h5-7H,4,10H2,1-3H3. The molecule has 12 heavy (non-hydrogen) atoms. The van der Waals surface area contributed by atoms with Crippen molar-refractivity contribution < 1.29 is 4.52 Å². The van der Waals surface area contributed by atoms with Crippen LogP contribution in [0.5, 0.6) is 0 Å². The minimum absolute atomic E-state index is 0.00926. The topological polar surface area (TPSA) is 52.0 Å². The van der Waals surface area contributed by atoms with E-state index in [9.17, 15) is 0 Å². The van der Waals surface area contributed by atoms with Crippen molar-refractivity contribution in [2.45, 2.75) is 39.2 Å². The smallest absolute Gasteiger partial charge is 0.153 e. The van der Waals surface area contributed by atoms with Crippen molar-refractivity contribution in [3.05, 3.63) is 17.5 Å². The Hall–Kier alpha value is -0.830. The van der Waals surface area contributed by atoms with Crippen LogP contribution >= 0.6 is 0 Å². The van der Waals surface area contributed by atoms with E-state index in [1.165, 1.54) is 0 Å². The third-order valence-electron chi connectivity index (χ3n) is 1.94. The maximum Gasteiger partial charge on any atom is 0.153 e. The van der Waals surface area contributed by atoms with Crippen LogP contribution in [0.25, 0.3) is 0 Å². The summed E-state index contributed by atoms with van der Waals surface area (Å²) in [6.45, 7) is 6.19. The highest BCUT2D eigenvalue weighted by Crippen LogP contribution is 2.19.